The fourth-order valence-corrected chi connectivity index (χ4v) is 2.39. The number of pyridine rings is 1. The van der Waals surface area contributed by atoms with Crippen LogP contribution in [0.3, 0.4) is 0 Å². The summed E-state index contributed by atoms with van der Waals surface area (Å²) in [4.78, 5) is 44.5. The predicted molar refractivity (Wildman–Crippen MR) is 84.7 cm³/mol. The summed E-state index contributed by atoms with van der Waals surface area (Å²) in [6.45, 7) is -0.148. The summed E-state index contributed by atoms with van der Waals surface area (Å²) in [7, 11) is 3.21. The number of imidazole rings is 1. The Hall–Kier alpha value is -3.23. The third-order valence-corrected chi connectivity index (χ3v) is 3.65. The Morgan fingerprint density at radius 2 is 2.08 bits per heavy atom. The number of ether oxygens (including phenoxy) is 1. The topological polar surface area (TPSA) is 101 Å². The number of rotatable bonds is 4. The van der Waals surface area contributed by atoms with Crippen molar-refractivity contribution >= 4 is 17.1 Å². The second-order valence-corrected chi connectivity index (χ2v) is 5.20. The summed E-state index contributed by atoms with van der Waals surface area (Å²) in [5.41, 5.74) is -0.0409. The molecule has 0 N–H and O–H groups in total. The van der Waals surface area contributed by atoms with Gasteiger partial charge in [-0.2, -0.15) is 0 Å². The van der Waals surface area contributed by atoms with Crippen molar-refractivity contribution in [3.05, 3.63) is 57.3 Å². The highest BCUT2D eigenvalue weighted by Crippen LogP contribution is 2.03. The van der Waals surface area contributed by atoms with Crippen LogP contribution in [0.1, 0.15) is 10.4 Å². The van der Waals surface area contributed by atoms with Gasteiger partial charge < -0.3 is 9.30 Å². The SMILES string of the molecule is Cn1cnc2c1c(=O)n(CCOC(=O)c1cccnc1)c(=O)n2C. The van der Waals surface area contributed by atoms with E-state index in [1.165, 1.54) is 24.1 Å². The molecule has 0 aliphatic heterocycles. The Labute approximate surface area is 135 Å². The van der Waals surface area contributed by atoms with Crippen LogP contribution in [-0.2, 0) is 25.4 Å². The smallest absolute Gasteiger partial charge is 0.339 e. The average molecular weight is 329 g/mol. The van der Waals surface area contributed by atoms with Gasteiger partial charge >= 0.3 is 11.7 Å². The van der Waals surface area contributed by atoms with Crippen LogP contribution >= 0.6 is 0 Å². The van der Waals surface area contributed by atoms with E-state index >= 15 is 0 Å². The zero-order chi connectivity index (χ0) is 17.3. The highest BCUT2D eigenvalue weighted by atomic mass is 16.5. The molecule has 0 aromatic carbocycles. The molecule has 0 unspecified atom stereocenters. The van der Waals surface area contributed by atoms with Crippen molar-refractivity contribution in [3.63, 3.8) is 0 Å². The van der Waals surface area contributed by atoms with E-state index in [0.717, 1.165) is 4.57 Å². The number of aryl methyl sites for hydroxylation is 2. The zero-order valence-electron chi connectivity index (χ0n) is 13.2. The molecule has 0 amide bonds. The molecule has 3 aromatic rings. The lowest BCUT2D eigenvalue weighted by Gasteiger charge is -2.09. The standard InChI is InChI=1S/C15H15N5O4/c1-18-9-17-12-11(18)13(21)20(15(23)19(12)2)6-7-24-14(22)10-4-3-5-16-8-10/h3-5,8-9H,6-7H2,1-2H3. The van der Waals surface area contributed by atoms with E-state index in [4.69, 9.17) is 4.74 Å². The Morgan fingerprint density at radius 3 is 2.79 bits per heavy atom. The van der Waals surface area contributed by atoms with E-state index < -0.39 is 17.2 Å². The molecule has 9 nitrogen and oxygen atoms in total. The van der Waals surface area contributed by atoms with Crippen LogP contribution in [-0.4, -0.2) is 36.2 Å². The molecular weight excluding hydrogens is 314 g/mol. The predicted octanol–water partition coefficient (Wildman–Crippen LogP) is -0.314. The molecule has 0 aliphatic carbocycles. The average Bonchev–Trinajstić information content (AvgIpc) is 2.98. The molecule has 0 fully saturated rings. The lowest BCUT2D eigenvalue weighted by molar-refractivity contribution is 0.0488. The van der Waals surface area contributed by atoms with Gasteiger partial charge in [-0.25, -0.2) is 14.6 Å². The van der Waals surface area contributed by atoms with E-state index in [-0.39, 0.29) is 13.2 Å². The number of hydrogen-bond donors (Lipinski definition) is 0. The zero-order valence-corrected chi connectivity index (χ0v) is 13.2. The third kappa shape index (κ3) is 2.60. The van der Waals surface area contributed by atoms with Gasteiger partial charge in [0.05, 0.1) is 18.4 Å². The van der Waals surface area contributed by atoms with Crippen LogP contribution < -0.4 is 11.2 Å². The Bertz CT molecular complexity index is 1020. The van der Waals surface area contributed by atoms with Gasteiger partial charge in [0.15, 0.2) is 11.2 Å². The lowest BCUT2D eigenvalue weighted by Crippen LogP contribution is -2.40. The number of nitrogens with zero attached hydrogens (tertiary/aromatic N) is 5. The molecule has 0 bridgehead atoms. The number of carbonyl (C=O) groups excluding carboxylic acids is 1. The Kier molecular flexibility index (Phi) is 3.98. The van der Waals surface area contributed by atoms with E-state index in [1.54, 1.807) is 29.9 Å². The summed E-state index contributed by atoms with van der Waals surface area (Å²) < 4.78 is 8.97. The first-order valence-corrected chi connectivity index (χ1v) is 7.18. The summed E-state index contributed by atoms with van der Waals surface area (Å²) in [6.07, 6.45) is 4.40. The number of hydrogen-bond acceptors (Lipinski definition) is 6. The maximum Gasteiger partial charge on any atom is 0.339 e. The maximum absolute atomic E-state index is 12.5. The molecule has 0 saturated carbocycles. The van der Waals surface area contributed by atoms with E-state index in [1.807, 2.05) is 0 Å². The molecule has 0 spiro atoms. The first-order chi connectivity index (χ1) is 11.5. The molecular formula is C15H15N5O4. The molecule has 0 aliphatic rings. The fraction of sp³-hybridized carbons (Fsp3) is 0.267. The summed E-state index contributed by atoms with van der Waals surface area (Å²) >= 11 is 0. The third-order valence-electron chi connectivity index (χ3n) is 3.65. The molecule has 124 valence electrons. The molecule has 3 rings (SSSR count). The van der Waals surface area contributed by atoms with Gasteiger partial charge in [-0.1, -0.05) is 0 Å². The molecule has 24 heavy (non-hydrogen) atoms. The van der Waals surface area contributed by atoms with Gasteiger partial charge in [-0.05, 0) is 12.1 Å². The normalized spacial score (nSPS) is 10.9. The molecule has 0 saturated heterocycles. The van der Waals surface area contributed by atoms with Crippen molar-refractivity contribution in [2.45, 2.75) is 6.54 Å². The number of fused-ring (bicyclic) bond motifs is 1. The first-order valence-electron chi connectivity index (χ1n) is 7.18. The monoisotopic (exact) mass is 329 g/mol. The van der Waals surface area contributed by atoms with E-state index in [2.05, 4.69) is 9.97 Å². The van der Waals surface area contributed by atoms with Crippen LogP contribution in [0.2, 0.25) is 0 Å². The van der Waals surface area contributed by atoms with Crippen molar-refractivity contribution in [2.24, 2.45) is 14.1 Å². The quantitative estimate of drug-likeness (QED) is 0.608. The van der Waals surface area contributed by atoms with Gasteiger partial charge in [0.2, 0.25) is 0 Å². The van der Waals surface area contributed by atoms with Gasteiger partial charge in [0.1, 0.15) is 6.61 Å². The van der Waals surface area contributed by atoms with Gasteiger partial charge in [-0.3, -0.25) is 18.9 Å². The Morgan fingerprint density at radius 1 is 1.29 bits per heavy atom. The number of aromatic nitrogens is 5. The summed E-state index contributed by atoms with van der Waals surface area (Å²) in [6, 6.07) is 3.19. The second kappa shape index (κ2) is 6.11. The van der Waals surface area contributed by atoms with Gasteiger partial charge in [0.25, 0.3) is 5.56 Å². The Balaban J connectivity index is 1.83. The molecule has 3 aromatic heterocycles. The van der Waals surface area contributed by atoms with Crippen LogP contribution in [0.5, 0.6) is 0 Å². The first kappa shape index (κ1) is 15.7. The minimum atomic E-state index is -0.561. The van der Waals surface area contributed by atoms with Crippen molar-refractivity contribution in [1.82, 2.24) is 23.7 Å². The maximum atomic E-state index is 12.5. The second-order valence-electron chi connectivity index (χ2n) is 5.20. The largest absolute Gasteiger partial charge is 0.460 e. The van der Waals surface area contributed by atoms with Crippen LogP contribution in [0.25, 0.3) is 11.2 Å². The van der Waals surface area contributed by atoms with Crippen molar-refractivity contribution in [3.8, 4) is 0 Å². The fourth-order valence-electron chi connectivity index (χ4n) is 2.39. The van der Waals surface area contributed by atoms with Crippen molar-refractivity contribution in [2.75, 3.05) is 6.61 Å². The van der Waals surface area contributed by atoms with Crippen LogP contribution in [0.15, 0.2) is 40.4 Å². The number of carbonyl (C=O) groups is 1. The molecule has 9 heteroatoms. The van der Waals surface area contributed by atoms with Crippen molar-refractivity contribution in [1.29, 1.82) is 0 Å². The van der Waals surface area contributed by atoms with Crippen LogP contribution in [0.4, 0.5) is 0 Å². The van der Waals surface area contributed by atoms with Gasteiger partial charge in [0, 0.05) is 26.5 Å². The van der Waals surface area contributed by atoms with E-state index in [9.17, 15) is 14.4 Å². The lowest BCUT2D eigenvalue weighted by atomic mass is 10.3. The molecule has 0 atom stereocenters. The summed E-state index contributed by atoms with van der Waals surface area (Å²) in [5.74, 6) is -0.561. The number of esters is 1. The highest BCUT2D eigenvalue weighted by Gasteiger charge is 2.15. The van der Waals surface area contributed by atoms with Crippen LogP contribution in [0, 0.1) is 0 Å². The van der Waals surface area contributed by atoms with E-state index in [0.29, 0.717) is 16.7 Å². The summed E-state index contributed by atoms with van der Waals surface area (Å²) in [5, 5.41) is 0. The highest BCUT2D eigenvalue weighted by molar-refractivity contribution is 5.88. The van der Waals surface area contributed by atoms with Crippen molar-refractivity contribution < 1.29 is 9.53 Å². The van der Waals surface area contributed by atoms with Gasteiger partial charge in [-0.15, -0.1) is 0 Å². The minimum Gasteiger partial charge on any atom is -0.460 e. The minimum absolute atomic E-state index is 0.0430. The molecule has 0 radical (unpaired) electrons. The molecule has 3 heterocycles.